The molecule has 0 aromatic carbocycles. The van der Waals surface area contributed by atoms with E-state index in [0.717, 1.165) is 17.2 Å². The highest BCUT2D eigenvalue weighted by atomic mass is 32.2. The molecule has 0 saturated carbocycles. The molecule has 0 unspecified atom stereocenters. The molecule has 140 valence electrons. The number of fused-ring (bicyclic) bond motifs is 1. The lowest BCUT2D eigenvalue weighted by Gasteiger charge is -2.29. The van der Waals surface area contributed by atoms with Crippen LogP contribution >= 0.6 is 11.8 Å². The van der Waals surface area contributed by atoms with Crippen LogP contribution in [0, 0.1) is 6.92 Å². The Bertz CT molecular complexity index is 799. The maximum absolute atomic E-state index is 12.1. The molecule has 0 fully saturated rings. The summed E-state index contributed by atoms with van der Waals surface area (Å²) in [6.07, 6.45) is 0. The van der Waals surface area contributed by atoms with Crippen molar-refractivity contribution in [1.82, 2.24) is 40.1 Å². The largest absolute Gasteiger partial charge is 0.350 e. The summed E-state index contributed by atoms with van der Waals surface area (Å²) >= 11 is 1.28. The van der Waals surface area contributed by atoms with Gasteiger partial charge in [-0.15, -0.1) is 5.10 Å². The van der Waals surface area contributed by atoms with Crippen LogP contribution in [0.1, 0.15) is 17.2 Å². The number of aryl methyl sites for hydroxylation is 1. The van der Waals surface area contributed by atoms with Crippen molar-refractivity contribution >= 4 is 23.7 Å². The number of carbonyl (C=O) groups is 2. The second-order valence-electron chi connectivity index (χ2n) is 6.22. The van der Waals surface area contributed by atoms with Crippen molar-refractivity contribution in [1.29, 1.82) is 0 Å². The number of rotatable bonds is 5. The summed E-state index contributed by atoms with van der Waals surface area (Å²) in [6, 6.07) is 1.92. The van der Waals surface area contributed by atoms with Gasteiger partial charge < -0.3 is 15.1 Å². The zero-order valence-electron chi connectivity index (χ0n) is 15.0. The van der Waals surface area contributed by atoms with E-state index in [4.69, 9.17) is 0 Å². The first-order valence-corrected chi connectivity index (χ1v) is 9.21. The quantitative estimate of drug-likeness (QED) is 0.720. The highest BCUT2D eigenvalue weighted by Gasteiger charge is 2.23. The van der Waals surface area contributed by atoms with Gasteiger partial charge in [0.2, 0.25) is 11.1 Å². The first-order chi connectivity index (χ1) is 12.4. The molecule has 2 aromatic rings. The van der Waals surface area contributed by atoms with E-state index >= 15 is 0 Å². The number of urea groups is 1. The molecule has 2 N–H and O–H groups in total. The lowest BCUT2D eigenvalue weighted by molar-refractivity contribution is -0.118. The third-order valence-electron chi connectivity index (χ3n) is 3.88. The summed E-state index contributed by atoms with van der Waals surface area (Å²) in [5, 5.41) is 14.6. The van der Waals surface area contributed by atoms with Crippen molar-refractivity contribution in [3.63, 3.8) is 0 Å². The number of nitrogens with one attached hydrogen (secondary N) is 2. The van der Waals surface area contributed by atoms with Crippen molar-refractivity contribution < 1.29 is 9.59 Å². The summed E-state index contributed by atoms with van der Waals surface area (Å²) in [5.74, 6) is 0.863. The highest BCUT2D eigenvalue weighted by molar-refractivity contribution is 7.99. The monoisotopic (exact) mass is 378 g/mol. The van der Waals surface area contributed by atoms with Gasteiger partial charge in [0.25, 0.3) is 0 Å². The zero-order chi connectivity index (χ0) is 18.7. The summed E-state index contributed by atoms with van der Waals surface area (Å²) in [5.41, 5.74) is 1.76. The third kappa shape index (κ3) is 4.34. The van der Waals surface area contributed by atoms with Gasteiger partial charge in [-0.2, -0.15) is 5.10 Å². The van der Waals surface area contributed by atoms with Crippen LogP contribution in [0.2, 0.25) is 0 Å². The molecule has 10 nitrogen and oxygen atoms in total. The van der Waals surface area contributed by atoms with Gasteiger partial charge in [-0.1, -0.05) is 11.8 Å². The summed E-state index contributed by atoms with van der Waals surface area (Å²) < 4.78 is 1.89. The Morgan fingerprint density at radius 1 is 1.38 bits per heavy atom. The van der Waals surface area contributed by atoms with Gasteiger partial charge in [-0.25, -0.2) is 9.78 Å². The molecule has 0 saturated heterocycles. The predicted molar refractivity (Wildman–Crippen MR) is 95.4 cm³/mol. The number of amides is 3. The normalized spacial score (nSPS) is 13.4. The molecule has 3 amide bonds. The van der Waals surface area contributed by atoms with Gasteiger partial charge in [-0.05, 0) is 13.0 Å². The summed E-state index contributed by atoms with van der Waals surface area (Å²) in [6.45, 7) is 3.98. The maximum atomic E-state index is 12.1. The van der Waals surface area contributed by atoms with Crippen molar-refractivity contribution in [3.8, 4) is 0 Å². The Kier molecular flexibility index (Phi) is 5.45. The zero-order valence-corrected chi connectivity index (χ0v) is 15.8. The van der Waals surface area contributed by atoms with E-state index in [9.17, 15) is 9.59 Å². The van der Waals surface area contributed by atoms with Crippen molar-refractivity contribution in [2.75, 3.05) is 26.4 Å². The Morgan fingerprint density at radius 3 is 2.88 bits per heavy atom. The molecule has 0 bridgehead atoms. The topological polar surface area (TPSA) is 112 Å². The molecule has 0 aliphatic carbocycles. The molecule has 3 rings (SSSR count). The third-order valence-corrected chi connectivity index (χ3v) is 4.72. The SMILES string of the molecule is Cc1nc(SCC(=O)NCc2cc3n(n2)CCN(C(=O)N(C)C)C3)n[nH]1. The number of hydrogen-bond donors (Lipinski definition) is 2. The lowest BCUT2D eigenvalue weighted by atomic mass is 10.3. The molecule has 0 radical (unpaired) electrons. The van der Waals surface area contributed by atoms with Crippen LogP contribution in [0.25, 0.3) is 0 Å². The van der Waals surface area contributed by atoms with Crippen LogP contribution in [0.5, 0.6) is 0 Å². The minimum absolute atomic E-state index is 0.00783. The number of aromatic nitrogens is 5. The molecule has 3 heterocycles. The van der Waals surface area contributed by atoms with Gasteiger partial charge >= 0.3 is 6.03 Å². The first-order valence-electron chi connectivity index (χ1n) is 8.22. The minimum atomic E-state index is -0.104. The molecule has 0 atom stereocenters. The van der Waals surface area contributed by atoms with Crippen LogP contribution in [0.4, 0.5) is 4.79 Å². The van der Waals surface area contributed by atoms with E-state index in [2.05, 4.69) is 25.6 Å². The number of hydrogen-bond acceptors (Lipinski definition) is 6. The molecule has 26 heavy (non-hydrogen) atoms. The number of carbonyl (C=O) groups excluding carboxylic acids is 2. The lowest BCUT2D eigenvalue weighted by Crippen LogP contribution is -2.43. The average molecular weight is 378 g/mol. The van der Waals surface area contributed by atoms with Crippen LogP contribution < -0.4 is 5.32 Å². The minimum Gasteiger partial charge on any atom is -0.350 e. The fourth-order valence-corrected chi connectivity index (χ4v) is 3.29. The van der Waals surface area contributed by atoms with Crippen LogP contribution in [-0.4, -0.2) is 73.1 Å². The Balaban J connectivity index is 1.49. The molecule has 0 spiro atoms. The second kappa shape index (κ2) is 7.77. The van der Waals surface area contributed by atoms with E-state index in [1.807, 2.05) is 17.7 Å². The number of nitrogens with zero attached hydrogens (tertiary/aromatic N) is 6. The van der Waals surface area contributed by atoms with Crippen LogP contribution in [0.15, 0.2) is 11.2 Å². The molecular weight excluding hydrogens is 356 g/mol. The van der Waals surface area contributed by atoms with Gasteiger partial charge in [-0.3, -0.25) is 14.6 Å². The fraction of sp³-hybridized carbons (Fsp3) is 0.533. The van der Waals surface area contributed by atoms with Crippen molar-refractivity contribution in [2.24, 2.45) is 0 Å². The molecular formula is C15H22N8O2S. The van der Waals surface area contributed by atoms with Crippen molar-refractivity contribution in [3.05, 3.63) is 23.3 Å². The first kappa shape index (κ1) is 18.2. The Labute approximate surface area is 155 Å². The van der Waals surface area contributed by atoms with Crippen molar-refractivity contribution in [2.45, 2.75) is 31.7 Å². The van der Waals surface area contributed by atoms with E-state index in [-0.39, 0.29) is 17.7 Å². The summed E-state index contributed by atoms with van der Waals surface area (Å²) in [7, 11) is 3.49. The van der Waals surface area contributed by atoms with Crippen LogP contribution in [-0.2, 0) is 24.4 Å². The smallest absolute Gasteiger partial charge is 0.319 e. The molecule has 11 heteroatoms. The summed E-state index contributed by atoms with van der Waals surface area (Å²) in [4.78, 5) is 31.5. The van der Waals surface area contributed by atoms with Gasteiger partial charge in [0.05, 0.1) is 36.8 Å². The van der Waals surface area contributed by atoms with Crippen LogP contribution in [0.3, 0.4) is 0 Å². The number of H-pyrrole nitrogens is 1. The Hall–Kier alpha value is -2.56. The maximum Gasteiger partial charge on any atom is 0.319 e. The molecule has 2 aromatic heterocycles. The van der Waals surface area contributed by atoms with E-state index < -0.39 is 0 Å². The van der Waals surface area contributed by atoms with Gasteiger partial charge in [0.1, 0.15) is 5.82 Å². The van der Waals surface area contributed by atoms with E-state index in [1.54, 1.807) is 23.9 Å². The highest BCUT2D eigenvalue weighted by Crippen LogP contribution is 2.15. The number of thioether (sulfide) groups is 1. The van der Waals surface area contributed by atoms with E-state index in [0.29, 0.717) is 31.3 Å². The average Bonchev–Trinajstić information content (AvgIpc) is 3.22. The predicted octanol–water partition coefficient (Wildman–Crippen LogP) is 0.215. The molecule has 1 aliphatic heterocycles. The Morgan fingerprint density at radius 2 is 2.19 bits per heavy atom. The van der Waals surface area contributed by atoms with E-state index in [1.165, 1.54) is 11.8 Å². The fourth-order valence-electron chi connectivity index (χ4n) is 2.62. The standard InChI is InChI=1S/C15H22N8O2S/c1-10-17-14(19-18-10)26-9-13(24)16-7-11-6-12-8-22(15(25)21(2)3)4-5-23(12)20-11/h6H,4-5,7-9H2,1-3H3,(H,16,24)(H,17,18,19). The molecule has 1 aliphatic rings. The van der Waals surface area contributed by atoms with Gasteiger partial charge in [0.15, 0.2) is 0 Å². The second-order valence-corrected chi connectivity index (χ2v) is 7.16. The van der Waals surface area contributed by atoms with Gasteiger partial charge in [0, 0.05) is 20.6 Å². The number of aromatic amines is 1.